The van der Waals surface area contributed by atoms with Crippen LogP contribution < -0.4 is 20.3 Å². The van der Waals surface area contributed by atoms with Crippen LogP contribution in [0.15, 0.2) is 48.5 Å². The predicted molar refractivity (Wildman–Crippen MR) is 99.1 cm³/mol. The van der Waals surface area contributed by atoms with E-state index in [-0.39, 0.29) is 12.7 Å². The van der Waals surface area contributed by atoms with E-state index in [0.717, 1.165) is 12.0 Å². The topological polar surface area (TPSA) is 76.7 Å². The Morgan fingerprint density at radius 2 is 1.77 bits per heavy atom. The van der Waals surface area contributed by atoms with Gasteiger partial charge in [0.05, 0.1) is 6.10 Å². The lowest BCUT2D eigenvalue weighted by Crippen LogP contribution is -2.43. The fourth-order valence-electron chi connectivity index (χ4n) is 2.09. The molecule has 0 aromatic heterocycles. The highest BCUT2D eigenvalue weighted by atomic mass is 16.5. The van der Waals surface area contributed by atoms with E-state index in [0.29, 0.717) is 17.1 Å². The Hall–Kier alpha value is -3.02. The Labute approximate surface area is 153 Å². The second-order valence-electron chi connectivity index (χ2n) is 5.97. The number of hydrazine groups is 1. The largest absolute Gasteiger partial charge is 0.491 e. The molecule has 0 bridgehead atoms. The van der Waals surface area contributed by atoms with Crippen LogP contribution >= 0.6 is 0 Å². The number of ether oxygens (including phenoxy) is 2. The molecule has 2 rings (SSSR count). The molecule has 6 heteroatoms. The Morgan fingerprint density at radius 1 is 1.04 bits per heavy atom. The number of carbonyl (C=O) groups excluding carboxylic acids is 2. The molecule has 2 aromatic rings. The summed E-state index contributed by atoms with van der Waals surface area (Å²) in [6, 6.07) is 14.1. The minimum atomic E-state index is -0.448. The molecule has 2 aromatic carbocycles. The van der Waals surface area contributed by atoms with E-state index in [2.05, 4.69) is 10.9 Å². The third-order valence-electron chi connectivity index (χ3n) is 3.70. The Kier molecular flexibility index (Phi) is 7.02. The number of hydrogen-bond acceptors (Lipinski definition) is 4. The number of amides is 2. The molecule has 0 saturated heterocycles. The van der Waals surface area contributed by atoms with Crippen LogP contribution in [-0.4, -0.2) is 24.5 Å². The molecule has 0 aliphatic heterocycles. The summed E-state index contributed by atoms with van der Waals surface area (Å²) < 4.78 is 11.0. The van der Waals surface area contributed by atoms with E-state index >= 15 is 0 Å². The molecule has 2 N–H and O–H groups in total. The second-order valence-corrected chi connectivity index (χ2v) is 5.97. The van der Waals surface area contributed by atoms with Crippen molar-refractivity contribution in [2.75, 3.05) is 6.61 Å². The van der Waals surface area contributed by atoms with E-state index in [1.807, 2.05) is 39.0 Å². The third kappa shape index (κ3) is 6.12. The number of aryl methyl sites for hydroxylation is 1. The first-order valence-electron chi connectivity index (χ1n) is 8.53. The zero-order chi connectivity index (χ0) is 18.9. The van der Waals surface area contributed by atoms with Gasteiger partial charge in [0, 0.05) is 5.56 Å². The van der Waals surface area contributed by atoms with Gasteiger partial charge in [0.1, 0.15) is 11.5 Å². The van der Waals surface area contributed by atoms with Gasteiger partial charge in [-0.2, -0.15) is 0 Å². The molecular weight excluding hydrogens is 332 g/mol. The number of carbonyl (C=O) groups is 2. The molecule has 0 saturated carbocycles. The minimum absolute atomic E-state index is 0.113. The van der Waals surface area contributed by atoms with Gasteiger partial charge in [0.25, 0.3) is 11.8 Å². The second kappa shape index (κ2) is 9.46. The van der Waals surface area contributed by atoms with Crippen LogP contribution in [0.4, 0.5) is 0 Å². The minimum Gasteiger partial charge on any atom is -0.491 e. The van der Waals surface area contributed by atoms with Gasteiger partial charge in [-0.3, -0.25) is 20.4 Å². The number of benzene rings is 2. The molecule has 138 valence electrons. The molecule has 0 spiro atoms. The van der Waals surface area contributed by atoms with Crippen molar-refractivity contribution >= 4 is 11.8 Å². The van der Waals surface area contributed by atoms with Crippen molar-refractivity contribution in [3.05, 3.63) is 59.7 Å². The monoisotopic (exact) mass is 356 g/mol. The van der Waals surface area contributed by atoms with Gasteiger partial charge in [-0.1, -0.05) is 19.1 Å². The van der Waals surface area contributed by atoms with Gasteiger partial charge in [0.2, 0.25) is 0 Å². The average Bonchev–Trinajstić information content (AvgIpc) is 2.65. The Morgan fingerprint density at radius 3 is 2.42 bits per heavy atom. The van der Waals surface area contributed by atoms with Crippen molar-refractivity contribution in [1.29, 1.82) is 0 Å². The zero-order valence-electron chi connectivity index (χ0n) is 15.2. The number of nitrogens with one attached hydrogen (secondary N) is 2. The van der Waals surface area contributed by atoms with Crippen LogP contribution in [0.25, 0.3) is 0 Å². The smallest absolute Gasteiger partial charge is 0.276 e. The SMILES string of the molecule is CCC(C)Oc1ccc(C(=O)NNC(=O)COc2cccc(C)c2)cc1. The summed E-state index contributed by atoms with van der Waals surface area (Å²) in [7, 11) is 0. The van der Waals surface area contributed by atoms with Gasteiger partial charge < -0.3 is 9.47 Å². The maximum absolute atomic E-state index is 12.1. The molecule has 0 radical (unpaired) electrons. The maximum atomic E-state index is 12.1. The molecule has 0 aliphatic rings. The van der Waals surface area contributed by atoms with Crippen molar-refractivity contribution in [1.82, 2.24) is 10.9 Å². The van der Waals surface area contributed by atoms with Crippen molar-refractivity contribution < 1.29 is 19.1 Å². The van der Waals surface area contributed by atoms with E-state index < -0.39 is 11.8 Å². The van der Waals surface area contributed by atoms with Crippen molar-refractivity contribution in [2.24, 2.45) is 0 Å². The summed E-state index contributed by atoms with van der Waals surface area (Å²) in [6.45, 7) is 5.77. The highest BCUT2D eigenvalue weighted by Gasteiger charge is 2.09. The first kappa shape index (κ1) is 19.3. The van der Waals surface area contributed by atoms with Crippen molar-refractivity contribution in [3.8, 4) is 11.5 Å². The molecule has 0 heterocycles. The van der Waals surface area contributed by atoms with E-state index in [1.54, 1.807) is 30.3 Å². The lowest BCUT2D eigenvalue weighted by atomic mass is 10.2. The van der Waals surface area contributed by atoms with Crippen molar-refractivity contribution in [2.45, 2.75) is 33.3 Å². The Balaban J connectivity index is 1.77. The normalized spacial score (nSPS) is 11.3. The summed E-state index contributed by atoms with van der Waals surface area (Å²) in [5.41, 5.74) is 6.14. The van der Waals surface area contributed by atoms with E-state index in [9.17, 15) is 9.59 Å². The maximum Gasteiger partial charge on any atom is 0.276 e. The fourth-order valence-corrected chi connectivity index (χ4v) is 2.09. The molecule has 6 nitrogen and oxygen atoms in total. The quantitative estimate of drug-likeness (QED) is 0.748. The molecule has 26 heavy (non-hydrogen) atoms. The summed E-state index contributed by atoms with van der Waals surface area (Å²) in [5.74, 6) is 0.440. The van der Waals surface area contributed by atoms with Crippen LogP contribution in [-0.2, 0) is 4.79 Å². The summed E-state index contributed by atoms with van der Waals surface area (Å²) >= 11 is 0. The standard InChI is InChI=1S/C20H24N2O4/c1-4-15(3)26-17-10-8-16(9-11-17)20(24)22-21-19(23)13-25-18-7-5-6-14(2)12-18/h5-12,15H,4,13H2,1-3H3,(H,21,23)(H,22,24). The molecule has 1 atom stereocenters. The lowest BCUT2D eigenvalue weighted by Gasteiger charge is -2.13. The van der Waals surface area contributed by atoms with Crippen LogP contribution in [0.5, 0.6) is 11.5 Å². The molecular formula is C20H24N2O4. The summed E-state index contributed by atoms with van der Waals surface area (Å²) in [5, 5.41) is 0. The highest BCUT2D eigenvalue weighted by Crippen LogP contribution is 2.15. The first-order valence-corrected chi connectivity index (χ1v) is 8.53. The molecule has 0 aliphatic carbocycles. The summed E-state index contributed by atoms with van der Waals surface area (Å²) in [6.07, 6.45) is 1.01. The van der Waals surface area contributed by atoms with Gasteiger partial charge in [-0.25, -0.2) is 0 Å². The molecule has 2 amide bonds. The van der Waals surface area contributed by atoms with Gasteiger partial charge in [0.15, 0.2) is 6.61 Å². The van der Waals surface area contributed by atoms with Crippen LogP contribution in [0.3, 0.4) is 0 Å². The van der Waals surface area contributed by atoms with Gasteiger partial charge in [-0.05, 0) is 62.2 Å². The fraction of sp³-hybridized carbons (Fsp3) is 0.300. The molecule has 0 fully saturated rings. The van der Waals surface area contributed by atoms with Crippen molar-refractivity contribution in [3.63, 3.8) is 0 Å². The van der Waals surface area contributed by atoms with Crippen LogP contribution in [0, 0.1) is 6.92 Å². The first-order chi connectivity index (χ1) is 12.5. The number of hydrogen-bond donors (Lipinski definition) is 2. The highest BCUT2D eigenvalue weighted by molar-refractivity contribution is 5.95. The molecule has 1 unspecified atom stereocenters. The van der Waals surface area contributed by atoms with Crippen LogP contribution in [0.2, 0.25) is 0 Å². The van der Waals surface area contributed by atoms with Gasteiger partial charge in [-0.15, -0.1) is 0 Å². The number of rotatable bonds is 7. The van der Waals surface area contributed by atoms with E-state index in [4.69, 9.17) is 9.47 Å². The summed E-state index contributed by atoms with van der Waals surface area (Å²) in [4.78, 5) is 23.8. The Bertz CT molecular complexity index is 744. The average molecular weight is 356 g/mol. The van der Waals surface area contributed by atoms with Crippen LogP contribution in [0.1, 0.15) is 36.2 Å². The third-order valence-corrected chi connectivity index (χ3v) is 3.70. The lowest BCUT2D eigenvalue weighted by molar-refractivity contribution is -0.123. The van der Waals surface area contributed by atoms with Gasteiger partial charge >= 0.3 is 0 Å². The van der Waals surface area contributed by atoms with E-state index in [1.165, 1.54) is 0 Å². The zero-order valence-corrected chi connectivity index (χ0v) is 15.2. The predicted octanol–water partition coefficient (Wildman–Crippen LogP) is 3.01.